The van der Waals surface area contributed by atoms with Crippen molar-refractivity contribution < 1.29 is 4.42 Å². The van der Waals surface area contributed by atoms with Gasteiger partial charge in [0.2, 0.25) is 0 Å². The zero-order valence-electron chi connectivity index (χ0n) is 14.5. The van der Waals surface area contributed by atoms with Gasteiger partial charge in [0.25, 0.3) is 0 Å². The summed E-state index contributed by atoms with van der Waals surface area (Å²) in [5.41, 5.74) is 2.70. The number of benzene rings is 1. The topological polar surface area (TPSA) is 28.4 Å². The average Bonchev–Trinajstić information content (AvgIpc) is 3.09. The van der Waals surface area contributed by atoms with Crippen molar-refractivity contribution in [3.63, 3.8) is 0 Å². The van der Waals surface area contributed by atoms with E-state index in [1.807, 2.05) is 0 Å². The second-order valence-corrected chi connectivity index (χ2v) is 6.88. The molecule has 1 fully saturated rings. The molecule has 3 nitrogen and oxygen atoms in total. The second-order valence-electron chi connectivity index (χ2n) is 6.88. The van der Waals surface area contributed by atoms with Crippen molar-refractivity contribution in [1.82, 2.24) is 10.2 Å². The minimum absolute atomic E-state index is 0.663. The van der Waals surface area contributed by atoms with Gasteiger partial charge in [-0.15, -0.1) is 0 Å². The van der Waals surface area contributed by atoms with Crippen LogP contribution >= 0.6 is 0 Å². The van der Waals surface area contributed by atoms with Crippen LogP contribution in [0.15, 0.2) is 40.8 Å². The number of hydrogen-bond donors (Lipinski definition) is 1. The van der Waals surface area contributed by atoms with E-state index in [0.717, 1.165) is 37.9 Å². The molecule has 2 unspecified atom stereocenters. The van der Waals surface area contributed by atoms with E-state index in [1.54, 1.807) is 0 Å². The molecular weight excluding hydrogens is 284 g/mol. The van der Waals surface area contributed by atoms with Crippen LogP contribution in [-0.2, 0) is 19.6 Å². The average molecular weight is 312 g/mol. The van der Waals surface area contributed by atoms with E-state index in [0.29, 0.717) is 5.92 Å². The Morgan fingerprint density at radius 2 is 1.96 bits per heavy atom. The summed E-state index contributed by atoms with van der Waals surface area (Å²) >= 11 is 0. The number of rotatable bonds is 8. The zero-order chi connectivity index (χ0) is 16.2. The monoisotopic (exact) mass is 312 g/mol. The Balaban J connectivity index is 1.48. The second kappa shape index (κ2) is 7.33. The lowest BCUT2D eigenvalue weighted by molar-refractivity contribution is 0.345. The van der Waals surface area contributed by atoms with E-state index in [9.17, 15) is 0 Å². The summed E-state index contributed by atoms with van der Waals surface area (Å²) in [4.78, 5) is 2.32. The molecule has 2 aromatic rings. The molecule has 0 aliphatic heterocycles. The highest BCUT2D eigenvalue weighted by molar-refractivity contribution is 5.23. The van der Waals surface area contributed by atoms with E-state index >= 15 is 0 Å². The molecule has 1 aliphatic carbocycles. The molecule has 3 heteroatoms. The highest BCUT2D eigenvalue weighted by atomic mass is 16.3. The minimum atomic E-state index is 0.663. The smallest absolute Gasteiger partial charge is 0.117 e. The first kappa shape index (κ1) is 16.3. The van der Waals surface area contributed by atoms with Gasteiger partial charge in [-0.2, -0.15) is 0 Å². The first-order valence-electron chi connectivity index (χ1n) is 8.71. The minimum Gasteiger partial charge on any atom is -0.464 e. The van der Waals surface area contributed by atoms with Crippen LogP contribution in [0.4, 0.5) is 0 Å². The molecule has 1 heterocycles. The normalized spacial score (nSPS) is 20.2. The predicted octanol–water partition coefficient (Wildman–Crippen LogP) is 4.14. The van der Waals surface area contributed by atoms with Crippen molar-refractivity contribution in [3.8, 4) is 0 Å². The van der Waals surface area contributed by atoms with Crippen LogP contribution in [0, 0.1) is 5.92 Å². The van der Waals surface area contributed by atoms with Gasteiger partial charge in [-0.3, -0.25) is 0 Å². The molecule has 1 aromatic heterocycles. The van der Waals surface area contributed by atoms with Crippen molar-refractivity contribution in [3.05, 3.63) is 59.0 Å². The summed E-state index contributed by atoms with van der Waals surface area (Å²) in [6.07, 6.45) is 1.28. The van der Waals surface area contributed by atoms with E-state index in [1.165, 1.54) is 23.3 Å². The van der Waals surface area contributed by atoms with Crippen LogP contribution in [0.1, 0.15) is 48.8 Å². The molecule has 1 aliphatic rings. The number of nitrogens with zero attached hydrogens (tertiary/aromatic N) is 1. The van der Waals surface area contributed by atoms with Gasteiger partial charge < -0.3 is 14.6 Å². The van der Waals surface area contributed by atoms with Crippen molar-refractivity contribution in [2.24, 2.45) is 5.92 Å². The molecular formula is C20H28N2O. The first-order valence-corrected chi connectivity index (χ1v) is 8.71. The Kier molecular flexibility index (Phi) is 5.19. The molecule has 1 saturated carbocycles. The predicted molar refractivity (Wildman–Crippen MR) is 94.2 cm³/mol. The maximum atomic E-state index is 5.94. The maximum absolute atomic E-state index is 5.94. The molecule has 1 aromatic carbocycles. The number of hydrogen-bond acceptors (Lipinski definition) is 3. The molecule has 1 N–H and O–H groups in total. The maximum Gasteiger partial charge on any atom is 0.117 e. The fraction of sp³-hybridized carbons (Fsp3) is 0.500. The highest BCUT2D eigenvalue weighted by Crippen LogP contribution is 2.47. The van der Waals surface area contributed by atoms with Gasteiger partial charge in [0.15, 0.2) is 0 Å². The summed E-state index contributed by atoms with van der Waals surface area (Å²) in [5.74, 6) is 3.67. The molecule has 3 rings (SSSR count). The molecule has 0 saturated heterocycles. The van der Waals surface area contributed by atoms with Crippen LogP contribution in [0.3, 0.4) is 0 Å². The van der Waals surface area contributed by atoms with Crippen LogP contribution in [0.5, 0.6) is 0 Å². The van der Waals surface area contributed by atoms with Gasteiger partial charge >= 0.3 is 0 Å². The van der Waals surface area contributed by atoms with Crippen LogP contribution in [-0.4, -0.2) is 18.5 Å². The van der Waals surface area contributed by atoms with Crippen molar-refractivity contribution in [2.45, 2.75) is 45.8 Å². The van der Waals surface area contributed by atoms with Gasteiger partial charge in [0, 0.05) is 19.0 Å². The van der Waals surface area contributed by atoms with Crippen molar-refractivity contribution in [2.75, 3.05) is 13.6 Å². The van der Waals surface area contributed by atoms with Gasteiger partial charge in [-0.1, -0.05) is 38.1 Å². The summed E-state index contributed by atoms with van der Waals surface area (Å²) < 4.78 is 5.94. The highest BCUT2D eigenvalue weighted by Gasteiger charge is 2.36. The molecule has 23 heavy (non-hydrogen) atoms. The van der Waals surface area contributed by atoms with Gasteiger partial charge in [0.05, 0.1) is 6.54 Å². The summed E-state index contributed by atoms with van der Waals surface area (Å²) in [6.45, 7) is 8.22. The number of furan rings is 1. The fourth-order valence-electron chi connectivity index (χ4n) is 3.00. The van der Waals surface area contributed by atoms with E-state index < -0.39 is 0 Å². The van der Waals surface area contributed by atoms with Crippen LogP contribution in [0.2, 0.25) is 0 Å². The standard InChI is InChI=1S/C20H28N2O/c1-4-22(3)14-17-7-5-6-16(11-17)12-21-13-18-8-9-20(23-18)19-10-15(19)2/h5-9,11,15,19,21H,4,10,12-14H2,1-3H3. The molecule has 0 bridgehead atoms. The van der Waals surface area contributed by atoms with Crippen LogP contribution < -0.4 is 5.32 Å². The Morgan fingerprint density at radius 1 is 1.17 bits per heavy atom. The lowest BCUT2D eigenvalue weighted by atomic mass is 10.1. The van der Waals surface area contributed by atoms with Gasteiger partial charge in [0.1, 0.15) is 11.5 Å². The Labute approximate surface area is 139 Å². The van der Waals surface area contributed by atoms with E-state index in [4.69, 9.17) is 4.42 Å². The third kappa shape index (κ3) is 4.46. The Bertz CT molecular complexity index is 634. The SMILES string of the molecule is CCN(C)Cc1cccc(CNCc2ccc(C3CC3C)o2)c1. The molecule has 0 amide bonds. The van der Waals surface area contributed by atoms with Gasteiger partial charge in [-0.25, -0.2) is 0 Å². The quantitative estimate of drug-likeness (QED) is 0.794. The van der Waals surface area contributed by atoms with Crippen LogP contribution in [0.25, 0.3) is 0 Å². The summed E-state index contributed by atoms with van der Waals surface area (Å²) in [6, 6.07) is 13.1. The molecule has 2 atom stereocenters. The lowest BCUT2D eigenvalue weighted by Crippen LogP contribution is -2.17. The third-order valence-electron chi connectivity index (χ3n) is 4.77. The third-order valence-corrected chi connectivity index (χ3v) is 4.77. The van der Waals surface area contributed by atoms with Crippen molar-refractivity contribution in [1.29, 1.82) is 0 Å². The van der Waals surface area contributed by atoms with E-state index in [-0.39, 0.29) is 0 Å². The molecule has 0 spiro atoms. The Hall–Kier alpha value is -1.58. The van der Waals surface area contributed by atoms with Crippen molar-refractivity contribution >= 4 is 0 Å². The first-order chi connectivity index (χ1) is 11.2. The Morgan fingerprint density at radius 3 is 2.70 bits per heavy atom. The molecule has 124 valence electrons. The largest absolute Gasteiger partial charge is 0.464 e. The van der Waals surface area contributed by atoms with E-state index in [2.05, 4.69) is 67.5 Å². The fourth-order valence-corrected chi connectivity index (χ4v) is 3.00. The molecule has 0 radical (unpaired) electrons. The summed E-state index contributed by atoms with van der Waals surface area (Å²) in [7, 11) is 2.15. The lowest BCUT2D eigenvalue weighted by Gasteiger charge is -2.14. The number of nitrogens with one attached hydrogen (secondary N) is 1. The zero-order valence-corrected chi connectivity index (χ0v) is 14.5. The summed E-state index contributed by atoms with van der Waals surface area (Å²) in [5, 5.41) is 3.49. The van der Waals surface area contributed by atoms with Gasteiger partial charge in [-0.05, 0) is 49.2 Å².